The first-order valence-corrected chi connectivity index (χ1v) is 11.7. The van der Waals surface area contributed by atoms with Crippen LogP contribution in [0.3, 0.4) is 0 Å². The van der Waals surface area contributed by atoms with Gasteiger partial charge in [-0.2, -0.15) is 0 Å². The van der Waals surface area contributed by atoms with Crippen LogP contribution in [0.1, 0.15) is 33.1 Å². The van der Waals surface area contributed by atoms with Crippen LogP contribution in [0.2, 0.25) is 0 Å². The Balaban J connectivity index is 1.44. The Morgan fingerprint density at radius 1 is 1.17 bits per heavy atom. The molecule has 1 aromatic carbocycles. The molecule has 2 saturated heterocycles. The maximum absolute atomic E-state index is 14.4. The second-order valence-electron chi connectivity index (χ2n) is 9.06. The molecule has 2 aliphatic rings. The summed E-state index contributed by atoms with van der Waals surface area (Å²) >= 11 is 1.53. The summed E-state index contributed by atoms with van der Waals surface area (Å²) < 4.78 is 16.2. The van der Waals surface area contributed by atoms with Crippen LogP contribution in [-0.4, -0.2) is 47.0 Å². The van der Waals surface area contributed by atoms with Crippen molar-refractivity contribution in [3.63, 3.8) is 0 Å². The van der Waals surface area contributed by atoms with E-state index in [2.05, 4.69) is 33.6 Å². The Bertz CT molecular complexity index is 1090. The molecule has 2 fully saturated rings. The number of benzene rings is 1. The number of piperidine rings is 2. The highest BCUT2D eigenvalue weighted by molar-refractivity contribution is 7.26. The van der Waals surface area contributed by atoms with Crippen molar-refractivity contribution in [2.45, 2.75) is 33.1 Å². The summed E-state index contributed by atoms with van der Waals surface area (Å²) in [5, 5.41) is 0.571. The van der Waals surface area contributed by atoms with Crippen LogP contribution >= 0.6 is 11.3 Å². The Hall–Kier alpha value is -2.28. The first-order chi connectivity index (χ1) is 14.5. The van der Waals surface area contributed by atoms with Crippen molar-refractivity contribution in [3.05, 3.63) is 30.3 Å². The molecule has 5 rings (SSSR count). The summed E-state index contributed by atoms with van der Waals surface area (Å²) in [6.07, 6.45) is 4.60. The summed E-state index contributed by atoms with van der Waals surface area (Å²) in [5.74, 6) is 1.99. The van der Waals surface area contributed by atoms with E-state index >= 15 is 0 Å². The quantitative estimate of drug-likeness (QED) is 0.596. The van der Waals surface area contributed by atoms with Gasteiger partial charge >= 0.3 is 0 Å². The highest BCUT2D eigenvalue weighted by atomic mass is 32.1. The second-order valence-corrected chi connectivity index (χ2v) is 10.1. The molecule has 30 heavy (non-hydrogen) atoms. The largest absolute Gasteiger partial charge is 0.355 e. The number of carbonyl (C=O) groups excluding carboxylic acids is 1. The predicted octanol–water partition coefficient (Wildman–Crippen LogP) is 4.70. The molecule has 158 valence electrons. The number of likely N-dealkylation sites (tertiary alicyclic amines) is 1. The van der Waals surface area contributed by atoms with Gasteiger partial charge in [0.05, 0.1) is 21.5 Å². The van der Waals surface area contributed by atoms with Crippen molar-refractivity contribution in [2.24, 2.45) is 17.8 Å². The van der Waals surface area contributed by atoms with Gasteiger partial charge in [-0.15, -0.1) is 11.3 Å². The van der Waals surface area contributed by atoms with Gasteiger partial charge in [-0.1, -0.05) is 19.9 Å². The molecule has 7 heteroatoms. The Morgan fingerprint density at radius 3 is 2.77 bits per heavy atom. The SMILES string of the molecule is CC1CC(C)CN(C(=O)C2CCCN(c3ncnc4c3sc3cccc(F)c34)C2)C1. The fourth-order valence-corrected chi connectivity index (χ4v) is 6.45. The van der Waals surface area contributed by atoms with E-state index in [9.17, 15) is 9.18 Å². The molecule has 0 N–H and O–H groups in total. The Morgan fingerprint density at radius 2 is 1.97 bits per heavy atom. The minimum atomic E-state index is -0.247. The van der Waals surface area contributed by atoms with Crippen molar-refractivity contribution < 1.29 is 9.18 Å². The molecule has 3 atom stereocenters. The number of hydrogen-bond donors (Lipinski definition) is 0. The van der Waals surface area contributed by atoms with Gasteiger partial charge in [-0.3, -0.25) is 4.79 Å². The van der Waals surface area contributed by atoms with Crippen molar-refractivity contribution >= 4 is 43.4 Å². The average Bonchev–Trinajstić information content (AvgIpc) is 3.12. The van der Waals surface area contributed by atoms with E-state index in [1.165, 1.54) is 30.2 Å². The minimum Gasteiger partial charge on any atom is -0.355 e. The van der Waals surface area contributed by atoms with Crippen molar-refractivity contribution in [1.29, 1.82) is 0 Å². The van der Waals surface area contributed by atoms with Gasteiger partial charge in [0, 0.05) is 30.9 Å². The highest BCUT2D eigenvalue weighted by Gasteiger charge is 2.33. The van der Waals surface area contributed by atoms with E-state index in [1.807, 2.05) is 6.07 Å². The number of carbonyl (C=O) groups is 1. The molecule has 0 aliphatic carbocycles. The lowest BCUT2D eigenvalue weighted by Gasteiger charge is -2.40. The molecule has 2 aliphatic heterocycles. The summed E-state index contributed by atoms with van der Waals surface area (Å²) in [6, 6.07) is 5.14. The lowest BCUT2D eigenvalue weighted by molar-refractivity contribution is -0.138. The summed E-state index contributed by atoms with van der Waals surface area (Å²) in [5.41, 5.74) is 0.672. The zero-order valence-corrected chi connectivity index (χ0v) is 18.3. The number of hydrogen-bond acceptors (Lipinski definition) is 5. The molecule has 4 heterocycles. The molecule has 3 unspecified atom stereocenters. The van der Waals surface area contributed by atoms with Crippen LogP contribution in [0.5, 0.6) is 0 Å². The maximum Gasteiger partial charge on any atom is 0.227 e. The molecule has 2 aromatic heterocycles. The number of nitrogens with zero attached hydrogens (tertiary/aromatic N) is 4. The maximum atomic E-state index is 14.4. The van der Waals surface area contributed by atoms with Gasteiger partial charge < -0.3 is 9.80 Å². The summed E-state index contributed by atoms with van der Waals surface area (Å²) in [4.78, 5) is 26.5. The first-order valence-electron chi connectivity index (χ1n) is 10.9. The minimum absolute atomic E-state index is 0.00706. The van der Waals surface area contributed by atoms with Crippen LogP contribution in [0.4, 0.5) is 10.2 Å². The van der Waals surface area contributed by atoms with Gasteiger partial charge in [0.2, 0.25) is 5.91 Å². The topological polar surface area (TPSA) is 49.3 Å². The van der Waals surface area contributed by atoms with Crippen molar-refractivity contribution in [2.75, 3.05) is 31.1 Å². The predicted molar refractivity (Wildman–Crippen MR) is 119 cm³/mol. The zero-order chi connectivity index (χ0) is 20.8. The number of fused-ring (bicyclic) bond motifs is 3. The van der Waals surface area contributed by atoms with E-state index in [1.54, 1.807) is 6.07 Å². The normalized spacial score (nSPS) is 25.2. The monoisotopic (exact) mass is 426 g/mol. The third-order valence-electron chi connectivity index (χ3n) is 6.46. The van der Waals surface area contributed by atoms with Gasteiger partial charge in [-0.05, 0) is 43.2 Å². The molecular formula is C23H27FN4OS. The van der Waals surface area contributed by atoms with Gasteiger partial charge in [0.15, 0.2) is 0 Å². The van der Waals surface area contributed by atoms with Crippen LogP contribution in [-0.2, 0) is 4.79 Å². The van der Waals surface area contributed by atoms with Crippen LogP contribution < -0.4 is 4.90 Å². The lowest BCUT2D eigenvalue weighted by Crippen LogP contribution is -2.49. The first kappa shape index (κ1) is 19.7. The Labute approximate surface area is 179 Å². The number of halogens is 1. The van der Waals surface area contributed by atoms with E-state index in [-0.39, 0.29) is 17.6 Å². The molecule has 0 spiro atoms. The van der Waals surface area contributed by atoms with E-state index in [0.29, 0.717) is 29.3 Å². The van der Waals surface area contributed by atoms with Crippen LogP contribution in [0.25, 0.3) is 20.3 Å². The Kier molecular flexibility index (Phi) is 5.09. The molecule has 0 saturated carbocycles. The van der Waals surface area contributed by atoms with Crippen molar-refractivity contribution in [3.8, 4) is 0 Å². The average molecular weight is 427 g/mol. The van der Waals surface area contributed by atoms with Crippen LogP contribution in [0.15, 0.2) is 24.5 Å². The lowest BCUT2D eigenvalue weighted by atomic mass is 9.89. The summed E-state index contributed by atoms with van der Waals surface area (Å²) in [6.45, 7) is 7.74. The van der Waals surface area contributed by atoms with E-state index in [4.69, 9.17) is 0 Å². The zero-order valence-electron chi connectivity index (χ0n) is 17.5. The molecule has 0 bridgehead atoms. The number of thiophene rings is 1. The number of rotatable bonds is 2. The number of anilines is 1. The second kappa shape index (κ2) is 7.76. The molecule has 5 nitrogen and oxygen atoms in total. The fourth-order valence-electron chi connectivity index (χ4n) is 5.26. The molecule has 1 amide bonds. The number of aromatic nitrogens is 2. The summed E-state index contributed by atoms with van der Waals surface area (Å²) in [7, 11) is 0. The highest BCUT2D eigenvalue weighted by Crippen LogP contribution is 2.39. The number of amides is 1. The van der Waals surface area contributed by atoms with Gasteiger partial charge in [0.1, 0.15) is 18.0 Å². The van der Waals surface area contributed by atoms with E-state index in [0.717, 1.165) is 47.7 Å². The van der Waals surface area contributed by atoms with Gasteiger partial charge in [-0.25, -0.2) is 14.4 Å². The third-order valence-corrected chi connectivity index (χ3v) is 7.60. The van der Waals surface area contributed by atoms with Crippen LogP contribution in [0, 0.1) is 23.6 Å². The van der Waals surface area contributed by atoms with Gasteiger partial charge in [0.25, 0.3) is 0 Å². The van der Waals surface area contributed by atoms with E-state index < -0.39 is 0 Å². The molecule has 3 aromatic rings. The smallest absolute Gasteiger partial charge is 0.227 e. The molecule has 0 radical (unpaired) electrons. The molecular weight excluding hydrogens is 399 g/mol. The standard InChI is InChI=1S/C23H27FN4OS/c1-14-9-15(2)11-28(10-14)23(29)16-5-4-8-27(12-16)22-21-20(25-13-26-22)19-17(24)6-3-7-18(19)30-21/h3,6-7,13-16H,4-5,8-12H2,1-2H3. The fraction of sp³-hybridized carbons (Fsp3) is 0.522. The third kappa shape index (κ3) is 3.43. The van der Waals surface area contributed by atoms with Crippen molar-refractivity contribution in [1.82, 2.24) is 14.9 Å².